The minimum Gasteiger partial charge on any atom is -0.493 e. The van der Waals surface area contributed by atoms with Gasteiger partial charge in [-0.2, -0.15) is 0 Å². The Balaban J connectivity index is 2.68. The van der Waals surface area contributed by atoms with Crippen molar-refractivity contribution < 1.29 is 14.9 Å². The van der Waals surface area contributed by atoms with Crippen molar-refractivity contribution in [2.24, 2.45) is 5.92 Å². The largest absolute Gasteiger partial charge is 0.493 e. The molecular weight excluding hydrogens is 252 g/mol. The average Bonchev–Trinajstić information content (AvgIpc) is 2.39. The Labute approximate surface area is 113 Å². The molecule has 0 aliphatic heterocycles. The lowest BCUT2D eigenvalue weighted by Gasteiger charge is -2.14. The molecule has 0 saturated heterocycles. The molecule has 0 aromatic heterocycles. The first-order valence-corrected chi connectivity index (χ1v) is 6.72. The third-order valence-electron chi connectivity index (χ3n) is 2.82. The van der Waals surface area contributed by atoms with Gasteiger partial charge in [0.05, 0.1) is 6.61 Å². The van der Waals surface area contributed by atoms with Crippen LogP contribution in [0.2, 0.25) is 5.02 Å². The third kappa shape index (κ3) is 4.84. The standard InChI is InChI=1S/C14H21ClO3/c1-2-7-18-14-6-5-13(15)8-12(14)4-3-11(9-16)10-17/h5-6,8,11,16-17H,2-4,7,9-10H2,1H3. The summed E-state index contributed by atoms with van der Waals surface area (Å²) in [4.78, 5) is 0. The highest BCUT2D eigenvalue weighted by Gasteiger charge is 2.10. The van der Waals surface area contributed by atoms with E-state index >= 15 is 0 Å². The lowest BCUT2D eigenvalue weighted by molar-refractivity contribution is 0.144. The zero-order valence-electron chi connectivity index (χ0n) is 10.7. The van der Waals surface area contributed by atoms with Gasteiger partial charge in [-0.3, -0.25) is 0 Å². The smallest absolute Gasteiger partial charge is 0.122 e. The van der Waals surface area contributed by atoms with Gasteiger partial charge in [0.2, 0.25) is 0 Å². The Bertz CT molecular complexity index is 351. The van der Waals surface area contributed by atoms with Gasteiger partial charge in [-0.25, -0.2) is 0 Å². The van der Waals surface area contributed by atoms with Gasteiger partial charge < -0.3 is 14.9 Å². The number of hydrogen-bond acceptors (Lipinski definition) is 3. The van der Waals surface area contributed by atoms with Gasteiger partial charge in [-0.05, 0) is 43.0 Å². The fraction of sp³-hybridized carbons (Fsp3) is 0.571. The molecule has 0 aliphatic rings. The Kier molecular flexibility index (Phi) is 7.09. The van der Waals surface area contributed by atoms with Crippen LogP contribution in [0.1, 0.15) is 25.3 Å². The van der Waals surface area contributed by atoms with E-state index in [4.69, 9.17) is 26.6 Å². The maximum absolute atomic E-state index is 9.05. The minimum atomic E-state index is -0.0805. The lowest BCUT2D eigenvalue weighted by atomic mass is 10.0. The van der Waals surface area contributed by atoms with Crippen molar-refractivity contribution in [3.8, 4) is 5.75 Å². The van der Waals surface area contributed by atoms with Crippen LogP contribution in [0.5, 0.6) is 5.75 Å². The number of aryl methyl sites for hydroxylation is 1. The van der Waals surface area contributed by atoms with Crippen LogP contribution in [0.25, 0.3) is 0 Å². The minimum absolute atomic E-state index is 0.00220. The Morgan fingerprint density at radius 1 is 1.28 bits per heavy atom. The fourth-order valence-electron chi connectivity index (χ4n) is 1.70. The number of rotatable bonds is 8. The molecule has 3 nitrogen and oxygen atoms in total. The van der Waals surface area contributed by atoms with Gasteiger partial charge in [0, 0.05) is 24.2 Å². The summed E-state index contributed by atoms with van der Waals surface area (Å²) in [6.07, 6.45) is 2.42. The highest BCUT2D eigenvalue weighted by molar-refractivity contribution is 6.30. The molecule has 0 heterocycles. The van der Waals surface area contributed by atoms with Crippen molar-refractivity contribution in [2.45, 2.75) is 26.2 Å². The number of halogens is 1. The second kappa shape index (κ2) is 8.35. The molecule has 102 valence electrons. The van der Waals surface area contributed by atoms with E-state index in [2.05, 4.69) is 6.92 Å². The predicted molar refractivity (Wildman–Crippen MR) is 73.2 cm³/mol. The van der Waals surface area contributed by atoms with E-state index in [0.717, 1.165) is 30.6 Å². The third-order valence-corrected chi connectivity index (χ3v) is 3.06. The Hall–Kier alpha value is -0.770. The summed E-state index contributed by atoms with van der Waals surface area (Å²) in [7, 11) is 0. The van der Waals surface area contributed by atoms with Crippen LogP contribution >= 0.6 is 11.6 Å². The highest BCUT2D eigenvalue weighted by atomic mass is 35.5. The van der Waals surface area contributed by atoms with Crippen molar-refractivity contribution in [1.82, 2.24) is 0 Å². The van der Waals surface area contributed by atoms with Crippen molar-refractivity contribution >= 4 is 11.6 Å². The van der Waals surface area contributed by atoms with Gasteiger partial charge in [0.1, 0.15) is 5.75 Å². The monoisotopic (exact) mass is 272 g/mol. The summed E-state index contributed by atoms with van der Waals surface area (Å²) in [5.41, 5.74) is 1.03. The quantitative estimate of drug-likeness (QED) is 0.765. The van der Waals surface area contributed by atoms with E-state index < -0.39 is 0 Å². The molecule has 1 aromatic rings. The van der Waals surface area contributed by atoms with Crippen LogP contribution in [0, 0.1) is 5.92 Å². The summed E-state index contributed by atoms with van der Waals surface area (Å²) in [5, 5.41) is 18.8. The van der Waals surface area contributed by atoms with E-state index in [1.165, 1.54) is 0 Å². The van der Waals surface area contributed by atoms with Crippen LogP contribution in [0.3, 0.4) is 0 Å². The molecule has 4 heteroatoms. The Morgan fingerprint density at radius 2 is 2.00 bits per heavy atom. The molecule has 2 N–H and O–H groups in total. The van der Waals surface area contributed by atoms with Crippen molar-refractivity contribution in [3.63, 3.8) is 0 Å². The normalized spacial score (nSPS) is 10.9. The van der Waals surface area contributed by atoms with E-state index in [-0.39, 0.29) is 19.1 Å². The van der Waals surface area contributed by atoms with Crippen molar-refractivity contribution in [3.05, 3.63) is 28.8 Å². The SMILES string of the molecule is CCCOc1ccc(Cl)cc1CCC(CO)CO. The van der Waals surface area contributed by atoms with Crippen LogP contribution in [0.4, 0.5) is 0 Å². The number of benzene rings is 1. The molecule has 1 rings (SSSR count). The fourth-order valence-corrected chi connectivity index (χ4v) is 1.89. The lowest BCUT2D eigenvalue weighted by Crippen LogP contribution is -2.12. The van der Waals surface area contributed by atoms with Crippen LogP contribution < -0.4 is 4.74 Å². The van der Waals surface area contributed by atoms with E-state index in [0.29, 0.717) is 11.6 Å². The van der Waals surface area contributed by atoms with E-state index in [9.17, 15) is 0 Å². The summed E-state index contributed by atoms with van der Waals surface area (Å²) < 4.78 is 5.66. The van der Waals surface area contributed by atoms with Gasteiger partial charge in [0.25, 0.3) is 0 Å². The maximum Gasteiger partial charge on any atom is 0.122 e. The topological polar surface area (TPSA) is 49.7 Å². The van der Waals surface area contributed by atoms with Crippen LogP contribution in [-0.4, -0.2) is 30.0 Å². The summed E-state index contributed by atoms with van der Waals surface area (Å²) in [6, 6.07) is 5.57. The molecule has 0 saturated carbocycles. The molecule has 0 fully saturated rings. The average molecular weight is 273 g/mol. The van der Waals surface area contributed by atoms with E-state index in [1.54, 1.807) is 0 Å². The Morgan fingerprint density at radius 3 is 2.61 bits per heavy atom. The molecule has 0 spiro atoms. The molecule has 0 atom stereocenters. The van der Waals surface area contributed by atoms with Crippen LogP contribution in [0.15, 0.2) is 18.2 Å². The summed E-state index contributed by atoms with van der Waals surface area (Å²) >= 11 is 5.98. The van der Waals surface area contributed by atoms with Crippen molar-refractivity contribution in [2.75, 3.05) is 19.8 Å². The number of aliphatic hydroxyl groups is 2. The molecule has 0 bridgehead atoms. The van der Waals surface area contributed by atoms with Gasteiger partial charge in [-0.1, -0.05) is 18.5 Å². The summed E-state index contributed by atoms with van der Waals surface area (Å²) in [5.74, 6) is 0.763. The van der Waals surface area contributed by atoms with Gasteiger partial charge in [-0.15, -0.1) is 0 Å². The van der Waals surface area contributed by atoms with Crippen molar-refractivity contribution in [1.29, 1.82) is 0 Å². The number of hydrogen-bond donors (Lipinski definition) is 2. The first-order chi connectivity index (χ1) is 8.71. The molecule has 0 amide bonds. The van der Waals surface area contributed by atoms with Gasteiger partial charge >= 0.3 is 0 Å². The first kappa shape index (κ1) is 15.3. The second-order valence-corrected chi connectivity index (χ2v) is 4.81. The number of aliphatic hydroxyl groups excluding tert-OH is 2. The maximum atomic E-state index is 9.05. The van der Waals surface area contributed by atoms with Crippen LogP contribution in [-0.2, 0) is 6.42 Å². The zero-order chi connectivity index (χ0) is 13.4. The first-order valence-electron chi connectivity index (χ1n) is 6.34. The molecule has 0 aliphatic carbocycles. The molecule has 1 aromatic carbocycles. The molecule has 0 unspecified atom stereocenters. The number of ether oxygens (including phenoxy) is 1. The molecular formula is C14H21ClO3. The zero-order valence-corrected chi connectivity index (χ0v) is 11.5. The summed E-state index contributed by atoms with van der Waals surface area (Å²) in [6.45, 7) is 2.74. The molecule has 18 heavy (non-hydrogen) atoms. The molecule has 0 radical (unpaired) electrons. The van der Waals surface area contributed by atoms with Gasteiger partial charge in [0.15, 0.2) is 0 Å². The second-order valence-electron chi connectivity index (χ2n) is 4.37. The van der Waals surface area contributed by atoms with E-state index in [1.807, 2.05) is 18.2 Å². The highest BCUT2D eigenvalue weighted by Crippen LogP contribution is 2.25. The predicted octanol–water partition coefficient (Wildman–Crippen LogP) is 2.66.